The first-order valence-electron chi connectivity index (χ1n) is 7.12. The highest BCUT2D eigenvalue weighted by atomic mass is 16.3. The second-order valence-electron chi connectivity index (χ2n) is 5.22. The summed E-state index contributed by atoms with van der Waals surface area (Å²) < 4.78 is 0. The summed E-state index contributed by atoms with van der Waals surface area (Å²) in [7, 11) is 0. The number of amides is 1. The van der Waals surface area contributed by atoms with Crippen LogP contribution in [0.25, 0.3) is 0 Å². The Morgan fingerprint density at radius 2 is 2.05 bits per heavy atom. The molecule has 0 aliphatic carbocycles. The fraction of sp³-hybridized carbons (Fsp3) is 0.235. The normalized spacial score (nSPS) is 13.5. The van der Waals surface area contributed by atoms with Crippen LogP contribution in [-0.4, -0.2) is 17.6 Å². The molecule has 0 spiro atoms. The maximum absolute atomic E-state index is 12.2. The number of hydrogen-bond donors (Lipinski definition) is 3. The number of anilines is 1. The molecule has 1 heterocycles. The maximum Gasteiger partial charge on any atom is 0.228 e. The SMILES string of the molecule is O=C(Cc1ccccc1O)Nc1cccc2c1CCNC2. The summed E-state index contributed by atoms with van der Waals surface area (Å²) >= 11 is 0. The van der Waals surface area contributed by atoms with Crippen molar-refractivity contribution in [3.05, 3.63) is 59.2 Å². The van der Waals surface area contributed by atoms with Crippen LogP contribution >= 0.6 is 0 Å². The van der Waals surface area contributed by atoms with Gasteiger partial charge in [-0.25, -0.2) is 0 Å². The van der Waals surface area contributed by atoms with Gasteiger partial charge in [0.2, 0.25) is 5.91 Å². The van der Waals surface area contributed by atoms with E-state index in [9.17, 15) is 9.90 Å². The van der Waals surface area contributed by atoms with E-state index >= 15 is 0 Å². The summed E-state index contributed by atoms with van der Waals surface area (Å²) in [6.07, 6.45) is 1.09. The molecule has 0 fully saturated rings. The molecule has 0 aromatic heterocycles. The zero-order valence-electron chi connectivity index (χ0n) is 11.7. The Morgan fingerprint density at radius 3 is 2.90 bits per heavy atom. The van der Waals surface area contributed by atoms with E-state index in [1.807, 2.05) is 18.2 Å². The van der Waals surface area contributed by atoms with E-state index in [1.54, 1.807) is 18.2 Å². The minimum atomic E-state index is -0.108. The van der Waals surface area contributed by atoms with Crippen molar-refractivity contribution < 1.29 is 9.90 Å². The zero-order valence-corrected chi connectivity index (χ0v) is 11.7. The van der Waals surface area contributed by atoms with Crippen LogP contribution in [-0.2, 0) is 24.2 Å². The monoisotopic (exact) mass is 282 g/mol. The lowest BCUT2D eigenvalue weighted by atomic mass is 9.99. The van der Waals surface area contributed by atoms with Gasteiger partial charge < -0.3 is 15.7 Å². The highest BCUT2D eigenvalue weighted by molar-refractivity contribution is 5.93. The molecule has 21 heavy (non-hydrogen) atoms. The van der Waals surface area contributed by atoms with E-state index < -0.39 is 0 Å². The van der Waals surface area contributed by atoms with Crippen LogP contribution in [0.4, 0.5) is 5.69 Å². The van der Waals surface area contributed by atoms with Crippen LogP contribution in [0.2, 0.25) is 0 Å². The number of carbonyl (C=O) groups is 1. The first-order valence-corrected chi connectivity index (χ1v) is 7.12. The molecule has 3 rings (SSSR count). The van der Waals surface area contributed by atoms with Gasteiger partial charge in [0, 0.05) is 17.8 Å². The Balaban J connectivity index is 1.75. The third kappa shape index (κ3) is 3.06. The fourth-order valence-electron chi connectivity index (χ4n) is 2.68. The number of nitrogens with one attached hydrogen (secondary N) is 2. The van der Waals surface area contributed by atoms with Crippen molar-refractivity contribution in [1.82, 2.24) is 5.32 Å². The molecule has 1 aliphatic heterocycles. The van der Waals surface area contributed by atoms with Gasteiger partial charge in [-0.15, -0.1) is 0 Å². The molecule has 2 aromatic rings. The lowest BCUT2D eigenvalue weighted by Gasteiger charge is -2.20. The lowest BCUT2D eigenvalue weighted by molar-refractivity contribution is -0.115. The molecule has 2 aromatic carbocycles. The molecule has 4 heteroatoms. The van der Waals surface area contributed by atoms with Gasteiger partial charge >= 0.3 is 0 Å². The molecule has 108 valence electrons. The molecule has 0 saturated carbocycles. The zero-order chi connectivity index (χ0) is 14.7. The Kier molecular flexibility index (Phi) is 3.88. The van der Waals surface area contributed by atoms with E-state index in [0.717, 1.165) is 25.2 Å². The number of carbonyl (C=O) groups excluding carboxylic acids is 1. The van der Waals surface area contributed by atoms with Gasteiger partial charge in [0.05, 0.1) is 6.42 Å². The van der Waals surface area contributed by atoms with Crippen molar-refractivity contribution >= 4 is 11.6 Å². The van der Waals surface area contributed by atoms with Crippen molar-refractivity contribution in [1.29, 1.82) is 0 Å². The number of aromatic hydroxyl groups is 1. The molecule has 3 N–H and O–H groups in total. The van der Waals surface area contributed by atoms with Crippen LogP contribution in [0.1, 0.15) is 16.7 Å². The largest absolute Gasteiger partial charge is 0.508 e. The van der Waals surface area contributed by atoms with Gasteiger partial charge in [-0.1, -0.05) is 30.3 Å². The number of phenolic OH excluding ortho intramolecular Hbond substituents is 1. The van der Waals surface area contributed by atoms with Crippen LogP contribution < -0.4 is 10.6 Å². The van der Waals surface area contributed by atoms with E-state index in [1.165, 1.54) is 11.1 Å². The summed E-state index contributed by atoms with van der Waals surface area (Å²) in [5, 5.41) is 16.0. The molecule has 4 nitrogen and oxygen atoms in total. The van der Waals surface area contributed by atoms with Crippen molar-refractivity contribution in [2.24, 2.45) is 0 Å². The summed E-state index contributed by atoms with van der Waals surface area (Å²) in [5.41, 5.74) is 3.97. The second kappa shape index (κ2) is 5.97. The van der Waals surface area contributed by atoms with Crippen LogP contribution in [0.5, 0.6) is 5.75 Å². The predicted octanol–water partition coefficient (Wildman–Crippen LogP) is 2.22. The first kappa shape index (κ1) is 13.6. The smallest absolute Gasteiger partial charge is 0.228 e. The van der Waals surface area contributed by atoms with Crippen molar-refractivity contribution in [2.75, 3.05) is 11.9 Å². The summed E-state index contributed by atoms with van der Waals surface area (Å²) in [4.78, 5) is 12.2. The molecule has 0 radical (unpaired) electrons. The Hall–Kier alpha value is -2.33. The van der Waals surface area contributed by atoms with Gasteiger partial charge in [0.1, 0.15) is 5.75 Å². The van der Waals surface area contributed by atoms with Crippen LogP contribution in [0, 0.1) is 0 Å². The van der Waals surface area contributed by atoms with Crippen molar-refractivity contribution in [3.8, 4) is 5.75 Å². The van der Waals surface area contributed by atoms with Gasteiger partial charge in [0.15, 0.2) is 0 Å². The molecular formula is C17H18N2O2. The summed E-state index contributed by atoms with van der Waals surface area (Å²) in [5.74, 6) is 0.0513. The summed E-state index contributed by atoms with van der Waals surface area (Å²) in [6, 6.07) is 12.9. The molecule has 0 saturated heterocycles. The number of rotatable bonds is 3. The molecule has 0 bridgehead atoms. The third-order valence-electron chi connectivity index (χ3n) is 3.76. The highest BCUT2D eigenvalue weighted by Crippen LogP contribution is 2.24. The average molecular weight is 282 g/mol. The number of para-hydroxylation sites is 1. The molecule has 1 aliphatic rings. The number of fused-ring (bicyclic) bond motifs is 1. The minimum Gasteiger partial charge on any atom is -0.508 e. The number of hydrogen-bond acceptors (Lipinski definition) is 3. The van der Waals surface area contributed by atoms with Crippen LogP contribution in [0.15, 0.2) is 42.5 Å². The van der Waals surface area contributed by atoms with Gasteiger partial charge in [-0.3, -0.25) is 4.79 Å². The Labute approximate surface area is 123 Å². The van der Waals surface area contributed by atoms with Gasteiger partial charge in [-0.2, -0.15) is 0 Å². The minimum absolute atomic E-state index is 0.108. The standard InChI is InChI=1S/C17H18N2O2/c20-16-7-2-1-4-12(16)10-17(21)19-15-6-3-5-13-11-18-9-8-14(13)15/h1-7,18,20H,8-11H2,(H,19,21). The van der Waals surface area contributed by atoms with Crippen molar-refractivity contribution in [3.63, 3.8) is 0 Å². The topological polar surface area (TPSA) is 61.4 Å². The van der Waals surface area contributed by atoms with E-state index in [-0.39, 0.29) is 18.1 Å². The van der Waals surface area contributed by atoms with E-state index in [0.29, 0.717) is 5.56 Å². The quantitative estimate of drug-likeness (QED) is 0.809. The predicted molar refractivity (Wildman–Crippen MR) is 82.3 cm³/mol. The van der Waals surface area contributed by atoms with Gasteiger partial charge in [-0.05, 0) is 36.2 Å². The van der Waals surface area contributed by atoms with Crippen molar-refractivity contribution in [2.45, 2.75) is 19.4 Å². The molecule has 1 amide bonds. The van der Waals surface area contributed by atoms with E-state index in [4.69, 9.17) is 0 Å². The number of phenols is 1. The molecular weight excluding hydrogens is 264 g/mol. The number of benzene rings is 2. The van der Waals surface area contributed by atoms with Crippen LogP contribution in [0.3, 0.4) is 0 Å². The lowest BCUT2D eigenvalue weighted by Crippen LogP contribution is -2.25. The average Bonchev–Trinajstić information content (AvgIpc) is 2.50. The Bertz CT molecular complexity index is 668. The third-order valence-corrected chi connectivity index (χ3v) is 3.76. The second-order valence-corrected chi connectivity index (χ2v) is 5.22. The molecule has 0 unspecified atom stereocenters. The fourth-order valence-corrected chi connectivity index (χ4v) is 2.68. The maximum atomic E-state index is 12.2. The first-order chi connectivity index (χ1) is 10.2. The molecule has 0 atom stereocenters. The van der Waals surface area contributed by atoms with Gasteiger partial charge in [0.25, 0.3) is 0 Å². The highest BCUT2D eigenvalue weighted by Gasteiger charge is 2.14. The van der Waals surface area contributed by atoms with E-state index in [2.05, 4.69) is 16.7 Å². The Morgan fingerprint density at radius 1 is 1.19 bits per heavy atom. The summed E-state index contributed by atoms with van der Waals surface area (Å²) in [6.45, 7) is 1.78.